The predicted octanol–water partition coefficient (Wildman–Crippen LogP) is 3.27. The molecule has 1 fully saturated rings. The van der Waals surface area contributed by atoms with Gasteiger partial charge in [-0.05, 0) is 23.3 Å². The van der Waals surface area contributed by atoms with Crippen LogP contribution < -0.4 is 4.90 Å². The number of carbonyl (C=O) groups is 3. The summed E-state index contributed by atoms with van der Waals surface area (Å²) < 4.78 is 0. The third kappa shape index (κ3) is 4.21. The van der Waals surface area contributed by atoms with Crippen molar-refractivity contribution in [2.24, 2.45) is 15.4 Å². The van der Waals surface area contributed by atoms with Crippen LogP contribution in [0.15, 0.2) is 100 Å². The number of anilines is 1. The van der Waals surface area contributed by atoms with Crippen molar-refractivity contribution in [1.82, 2.24) is 10.0 Å². The van der Waals surface area contributed by atoms with Crippen molar-refractivity contribution in [3.05, 3.63) is 106 Å². The molecule has 39 heavy (non-hydrogen) atoms. The summed E-state index contributed by atoms with van der Waals surface area (Å²) in [5.74, 6) is -1.46. The van der Waals surface area contributed by atoms with Gasteiger partial charge in [0.15, 0.2) is 12.1 Å². The number of nitro groups is 1. The Morgan fingerprint density at radius 2 is 1.59 bits per heavy atom. The molecule has 0 aliphatic carbocycles. The summed E-state index contributed by atoms with van der Waals surface area (Å²) in [6, 6.07) is 21.3. The van der Waals surface area contributed by atoms with Gasteiger partial charge in [-0.1, -0.05) is 65.9 Å². The lowest BCUT2D eigenvalue weighted by Gasteiger charge is -2.25. The van der Waals surface area contributed by atoms with E-state index < -0.39 is 40.8 Å². The summed E-state index contributed by atoms with van der Waals surface area (Å²) in [6.07, 6.45) is 0.389. The number of benzene rings is 3. The van der Waals surface area contributed by atoms with E-state index in [0.29, 0.717) is 23.4 Å². The molecule has 3 aromatic carbocycles. The summed E-state index contributed by atoms with van der Waals surface area (Å²) in [4.78, 5) is 51.6. The minimum absolute atomic E-state index is 0.0604. The molecular weight excluding hydrogens is 502 g/mol. The van der Waals surface area contributed by atoms with Crippen LogP contribution in [0.25, 0.3) is 0 Å². The number of nitrogens with zero attached hydrogens (tertiary/aromatic N) is 7. The van der Waals surface area contributed by atoms with Crippen molar-refractivity contribution in [3.8, 4) is 0 Å². The van der Waals surface area contributed by atoms with Gasteiger partial charge in [0.25, 0.3) is 23.4 Å². The van der Waals surface area contributed by atoms with Gasteiger partial charge < -0.3 is 0 Å². The third-order valence-corrected chi connectivity index (χ3v) is 6.93. The summed E-state index contributed by atoms with van der Waals surface area (Å²) in [5, 5.41) is 26.3. The number of hydrazone groups is 1. The molecule has 3 aromatic rings. The average molecular weight is 524 g/mol. The minimum Gasteiger partial charge on any atom is -0.271 e. The maximum absolute atomic E-state index is 13.6. The molecule has 0 aromatic heterocycles. The number of hydrogen-bond acceptors (Lipinski definition) is 9. The molecule has 3 aliphatic heterocycles. The number of rotatable bonds is 6. The Hall–Kier alpha value is -5.26. The van der Waals surface area contributed by atoms with E-state index in [1.165, 1.54) is 22.2 Å². The zero-order valence-electron chi connectivity index (χ0n) is 20.4. The van der Waals surface area contributed by atoms with Crippen LogP contribution in [0, 0.1) is 10.1 Å². The van der Waals surface area contributed by atoms with Crippen molar-refractivity contribution < 1.29 is 19.3 Å². The first-order valence-corrected chi connectivity index (χ1v) is 12.2. The summed E-state index contributed by atoms with van der Waals surface area (Å²) >= 11 is 0. The Balaban J connectivity index is 1.26. The first kappa shape index (κ1) is 24.1. The molecule has 0 N–H and O–H groups in total. The van der Waals surface area contributed by atoms with Crippen LogP contribution in [0.2, 0.25) is 0 Å². The number of carbonyl (C=O) groups excluding carboxylic acids is 3. The third-order valence-electron chi connectivity index (χ3n) is 6.93. The highest BCUT2D eigenvalue weighted by atomic mass is 16.6. The van der Waals surface area contributed by atoms with Crippen LogP contribution in [0.5, 0.6) is 0 Å². The highest BCUT2D eigenvalue weighted by Crippen LogP contribution is 2.35. The van der Waals surface area contributed by atoms with E-state index in [-0.39, 0.29) is 12.2 Å². The minimum atomic E-state index is -1.03. The second-order valence-electron chi connectivity index (χ2n) is 9.26. The first-order valence-electron chi connectivity index (χ1n) is 12.2. The van der Waals surface area contributed by atoms with Crippen LogP contribution >= 0.6 is 0 Å². The number of para-hydroxylation sites is 1. The first-order chi connectivity index (χ1) is 18.9. The molecule has 0 radical (unpaired) electrons. The van der Waals surface area contributed by atoms with Gasteiger partial charge in [-0.15, -0.1) is 0 Å². The Morgan fingerprint density at radius 1 is 0.923 bits per heavy atom. The lowest BCUT2D eigenvalue weighted by Crippen LogP contribution is -2.44. The quantitative estimate of drug-likeness (QED) is 0.276. The fourth-order valence-corrected chi connectivity index (χ4v) is 5.02. The molecule has 0 saturated carbocycles. The normalized spacial score (nSPS) is 21.9. The van der Waals surface area contributed by atoms with E-state index in [4.69, 9.17) is 0 Å². The van der Waals surface area contributed by atoms with Gasteiger partial charge >= 0.3 is 0 Å². The number of hydrogen-bond donors (Lipinski definition) is 0. The van der Waals surface area contributed by atoms with E-state index in [0.717, 1.165) is 10.5 Å². The van der Waals surface area contributed by atoms with Gasteiger partial charge in [-0.2, -0.15) is 10.2 Å². The average Bonchev–Trinajstić information content (AvgIpc) is 3.65. The second kappa shape index (κ2) is 9.56. The molecule has 3 atom stereocenters. The topological polar surface area (TPSA) is 141 Å². The number of nitro benzene ring substituents is 1. The molecule has 6 rings (SSSR count). The van der Waals surface area contributed by atoms with Crippen LogP contribution in [0.1, 0.15) is 23.6 Å². The van der Waals surface area contributed by atoms with Crippen molar-refractivity contribution in [3.63, 3.8) is 0 Å². The van der Waals surface area contributed by atoms with E-state index in [1.807, 2.05) is 30.3 Å². The van der Waals surface area contributed by atoms with Crippen molar-refractivity contribution in [2.75, 3.05) is 11.4 Å². The SMILES string of the molecule is O=C1[C@H]2N=NN(CC(=O)N3N=C(c4ccccc4)C[C@@H]3c3ccc([N+](=O)[O-])cc3)[C@H]2C(=O)N1c1ccccc1. The Bertz CT molecular complexity index is 1530. The standard InChI is InChI=1S/C27H21N7O5/c35-23(16-31-25-24(28-30-31)26(36)32(27(25)37)19-9-5-2-6-10-19)33-22(18-11-13-20(14-12-18)34(38)39)15-21(29-33)17-7-3-1-4-8-17/h1-14,22,24-25H,15-16H2/t22-,24+,25-/m1/s1. The summed E-state index contributed by atoms with van der Waals surface area (Å²) in [7, 11) is 0. The molecule has 0 bridgehead atoms. The fraction of sp³-hybridized carbons (Fsp3) is 0.185. The van der Waals surface area contributed by atoms with E-state index in [1.54, 1.807) is 42.5 Å². The monoisotopic (exact) mass is 523 g/mol. The Morgan fingerprint density at radius 3 is 2.26 bits per heavy atom. The summed E-state index contributed by atoms with van der Waals surface area (Å²) in [6.45, 7) is -0.332. The predicted molar refractivity (Wildman–Crippen MR) is 138 cm³/mol. The van der Waals surface area contributed by atoms with Gasteiger partial charge in [0.05, 0.1) is 22.4 Å². The Labute approximate surface area is 222 Å². The number of non-ortho nitro benzene ring substituents is 1. The maximum atomic E-state index is 13.6. The fourth-order valence-electron chi connectivity index (χ4n) is 5.02. The smallest absolute Gasteiger partial charge is 0.269 e. The molecule has 12 heteroatoms. The summed E-state index contributed by atoms with van der Waals surface area (Å²) in [5.41, 5.74) is 2.56. The van der Waals surface area contributed by atoms with Gasteiger partial charge in [0, 0.05) is 18.6 Å². The van der Waals surface area contributed by atoms with Crippen molar-refractivity contribution >= 4 is 34.8 Å². The largest absolute Gasteiger partial charge is 0.271 e. The van der Waals surface area contributed by atoms with Gasteiger partial charge in [0.2, 0.25) is 0 Å². The molecule has 12 nitrogen and oxygen atoms in total. The van der Waals surface area contributed by atoms with Crippen LogP contribution in [0.4, 0.5) is 11.4 Å². The van der Waals surface area contributed by atoms with Gasteiger partial charge in [-0.3, -0.25) is 29.5 Å². The molecule has 194 valence electrons. The molecule has 3 heterocycles. The zero-order valence-corrected chi connectivity index (χ0v) is 20.4. The molecule has 3 amide bonds. The van der Waals surface area contributed by atoms with Crippen molar-refractivity contribution in [2.45, 2.75) is 24.5 Å². The molecule has 0 spiro atoms. The number of imide groups is 1. The molecular formula is C27H21N7O5. The lowest BCUT2D eigenvalue weighted by atomic mass is 9.98. The second-order valence-corrected chi connectivity index (χ2v) is 9.26. The van der Waals surface area contributed by atoms with Crippen molar-refractivity contribution in [1.29, 1.82) is 0 Å². The van der Waals surface area contributed by atoms with E-state index in [9.17, 15) is 24.5 Å². The van der Waals surface area contributed by atoms with Gasteiger partial charge in [0.1, 0.15) is 6.54 Å². The highest BCUT2D eigenvalue weighted by molar-refractivity contribution is 6.25. The van der Waals surface area contributed by atoms with E-state index in [2.05, 4.69) is 15.4 Å². The van der Waals surface area contributed by atoms with Crippen LogP contribution in [-0.4, -0.2) is 57.0 Å². The number of fused-ring (bicyclic) bond motifs is 1. The highest BCUT2D eigenvalue weighted by Gasteiger charge is 2.55. The Kier molecular flexibility index (Phi) is 5.91. The zero-order chi connectivity index (χ0) is 27.1. The molecule has 3 aliphatic rings. The van der Waals surface area contributed by atoms with E-state index >= 15 is 0 Å². The lowest BCUT2D eigenvalue weighted by molar-refractivity contribution is -0.384. The number of amides is 3. The molecule has 0 unspecified atom stereocenters. The van der Waals surface area contributed by atoms with Crippen LogP contribution in [0.3, 0.4) is 0 Å². The van der Waals surface area contributed by atoms with Crippen LogP contribution in [-0.2, 0) is 14.4 Å². The molecule has 1 saturated heterocycles. The maximum Gasteiger partial charge on any atom is 0.269 e. The van der Waals surface area contributed by atoms with Gasteiger partial charge in [-0.25, -0.2) is 9.91 Å².